The lowest BCUT2D eigenvalue weighted by Gasteiger charge is -2.05. The Hall–Kier alpha value is -3.28. The van der Waals surface area contributed by atoms with Crippen LogP contribution in [0.25, 0.3) is 11.0 Å². The normalized spacial score (nSPS) is 12.0. The quantitative estimate of drug-likeness (QED) is 0.430. The van der Waals surface area contributed by atoms with Crippen LogP contribution in [-0.2, 0) is 6.54 Å². The van der Waals surface area contributed by atoms with E-state index in [9.17, 15) is 0 Å². The third-order valence-electron chi connectivity index (χ3n) is 3.43. The number of guanidine groups is 1. The lowest BCUT2D eigenvalue weighted by Crippen LogP contribution is -2.30. The van der Waals surface area contributed by atoms with Crippen LogP contribution in [0, 0.1) is 0 Å². The fraction of sp³-hybridized carbons (Fsp3) is 0.111. The summed E-state index contributed by atoms with van der Waals surface area (Å²) in [5, 5.41) is 11.9. The van der Waals surface area contributed by atoms with E-state index in [2.05, 4.69) is 15.5 Å². The van der Waals surface area contributed by atoms with Crippen LogP contribution in [0.3, 0.4) is 0 Å². The summed E-state index contributed by atoms with van der Waals surface area (Å²) in [6.07, 6.45) is 1.53. The van der Waals surface area contributed by atoms with Gasteiger partial charge in [0.1, 0.15) is 17.1 Å². The molecule has 24 heavy (non-hydrogen) atoms. The summed E-state index contributed by atoms with van der Waals surface area (Å²) in [7, 11) is 1.64. The smallest absolute Gasteiger partial charge is 0.214 e. The van der Waals surface area contributed by atoms with Gasteiger partial charge in [0.25, 0.3) is 0 Å². The van der Waals surface area contributed by atoms with Crippen molar-refractivity contribution >= 4 is 23.1 Å². The lowest BCUT2D eigenvalue weighted by atomic mass is 10.2. The molecule has 6 heteroatoms. The predicted molar refractivity (Wildman–Crippen MR) is 95.3 cm³/mol. The van der Waals surface area contributed by atoms with Crippen LogP contribution in [0.5, 0.6) is 5.75 Å². The van der Waals surface area contributed by atoms with E-state index in [-0.39, 0.29) is 5.96 Å². The number of nitrogens with two attached hydrogens (primary N) is 1. The molecule has 0 fully saturated rings. The molecule has 0 saturated carbocycles. The molecule has 0 amide bonds. The number of nitrogens with one attached hydrogen (secondary N) is 1. The first kappa shape index (κ1) is 15.6. The highest BCUT2D eigenvalue weighted by molar-refractivity contribution is 5.87. The zero-order chi connectivity index (χ0) is 16.8. The first-order chi connectivity index (χ1) is 11.7. The first-order valence-corrected chi connectivity index (χ1v) is 7.46. The van der Waals surface area contributed by atoms with E-state index in [0.717, 1.165) is 22.3 Å². The van der Waals surface area contributed by atoms with Crippen LogP contribution in [0.2, 0.25) is 0 Å². The Morgan fingerprint density at radius 3 is 2.75 bits per heavy atom. The molecule has 0 radical (unpaired) electrons. The topological polar surface area (TPSA) is 85.1 Å². The fourth-order valence-electron chi connectivity index (χ4n) is 2.19. The molecule has 122 valence electrons. The zero-order valence-corrected chi connectivity index (χ0v) is 13.3. The summed E-state index contributed by atoms with van der Waals surface area (Å²) in [5.74, 6) is 1.68. The third-order valence-corrected chi connectivity index (χ3v) is 3.43. The molecule has 1 aromatic heterocycles. The van der Waals surface area contributed by atoms with Gasteiger partial charge < -0.3 is 20.2 Å². The van der Waals surface area contributed by atoms with Gasteiger partial charge in [-0.05, 0) is 29.8 Å². The molecule has 0 unspecified atom stereocenters. The van der Waals surface area contributed by atoms with E-state index in [0.29, 0.717) is 12.3 Å². The van der Waals surface area contributed by atoms with Crippen LogP contribution < -0.4 is 15.8 Å². The number of furan rings is 1. The molecule has 2 aromatic carbocycles. The number of benzene rings is 2. The third kappa shape index (κ3) is 3.92. The summed E-state index contributed by atoms with van der Waals surface area (Å²) in [6.45, 7) is 0.555. The molecular formula is C18H18N4O2. The molecule has 0 aliphatic heterocycles. The molecule has 3 rings (SSSR count). The molecule has 1 heterocycles. The van der Waals surface area contributed by atoms with E-state index in [1.165, 1.54) is 6.21 Å². The summed E-state index contributed by atoms with van der Waals surface area (Å²) < 4.78 is 10.7. The lowest BCUT2D eigenvalue weighted by molar-refractivity contribution is 0.414. The highest BCUT2D eigenvalue weighted by Crippen LogP contribution is 2.17. The van der Waals surface area contributed by atoms with Gasteiger partial charge in [0, 0.05) is 11.9 Å². The first-order valence-electron chi connectivity index (χ1n) is 7.46. The van der Waals surface area contributed by atoms with E-state index < -0.39 is 0 Å². The highest BCUT2D eigenvalue weighted by atomic mass is 16.5. The van der Waals surface area contributed by atoms with Crippen molar-refractivity contribution in [3.05, 3.63) is 65.9 Å². The number of hydrogen-bond acceptors (Lipinski definition) is 4. The predicted octanol–water partition coefficient (Wildman–Crippen LogP) is 2.88. The Labute approximate surface area is 139 Å². The number of rotatable bonds is 5. The van der Waals surface area contributed by atoms with Crippen molar-refractivity contribution in [3.63, 3.8) is 0 Å². The van der Waals surface area contributed by atoms with E-state index in [4.69, 9.17) is 14.9 Å². The van der Waals surface area contributed by atoms with E-state index in [1.807, 2.05) is 54.6 Å². The monoisotopic (exact) mass is 322 g/mol. The summed E-state index contributed by atoms with van der Waals surface area (Å²) in [5.41, 5.74) is 7.67. The molecular weight excluding hydrogens is 304 g/mol. The van der Waals surface area contributed by atoms with Gasteiger partial charge in [-0.3, -0.25) is 0 Å². The molecule has 0 saturated heterocycles. The fourth-order valence-corrected chi connectivity index (χ4v) is 2.19. The van der Waals surface area contributed by atoms with E-state index in [1.54, 1.807) is 7.11 Å². The van der Waals surface area contributed by atoms with Crippen molar-refractivity contribution in [2.75, 3.05) is 7.11 Å². The standard InChI is InChI=1S/C18H18N4O2/c1-23-15-8-6-13(7-9-15)11-20-18(19)22-21-12-16-10-14-4-2-3-5-17(14)24-16/h2-10,12H,11H2,1H3,(H3,19,20,22)/b21-12+. The van der Waals surface area contributed by atoms with Crippen molar-refractivity contribution < 1.29 is 9.15 Å². The Morgan fingerprint density at radius 1 is 1.21 bits per heavy atom. The van der Waals surface area contributed by atoms with Crippen LogP contribution >= 0.6 is 0 Å². The van der Waals surface area contributed by atoms with Crippen molar-refractivity contribution in [1.29, 1.82) is 0 Å². The van der Waals surface area contributed by atoms with Gasteiger partial charge in [0.2, 0.25) is 5.96 Å². The average molecular weight is 322 g/mol. The Kier molecular flexibility index (Phi) is 4.76. The largest absolute Gasteiger partial charge is 0.497 e. The van der Waals surface area contributed by atoms with Gasteiger partial charge in [-0.25, -0.2) is 0 Å². The van der Waals surface area contributed by atoms with Crippen LogP contribution in [0.15, 0.2) is 69.2 Å². The SMILES string of the molecule is COc1ccc(CN/C(N)=N/N=C/c2cc3ccccc3o2)cc1. The Balaban J connectivity index is 1.56. The van der Waals surface area contributed by atoms with Crippen molar-refractivity contribution in [2.24, 2.45) is 15.9 Å². The minimum atomic E-state index is 0.234. The number of nitrogens with zero attached hydrogens (tertiary/aromatic N) is 2. The van der Waals surface area contributed by atoms with E-state index >= 15 is 0 Å². The summed E-state index contributed by atoms with van der Waals surface area (Å²) >= 11 is 0. The average Bonchev–Trinajstić information content (AvgIpc) is 3.03. The molecule has 0 aliphatic carbocycles. The maximum atomic E-state index is 5.79. The molecule has 3 aromatic rings. The van der Waals surface area contributed by atoms with Crippen LogP contribution in [0.1, 0.15) is 11.3 Å². The minimum absolute atomic E-state index is 0.234. The van der Waals surface area contributed by atoms with Gasteiger partial charge in [0.15, 0.2) is 0 Å². The Morgan fingerprint density at radius 2 is 2.00 bits per heavy atom. The second-order valence-electron chi connectivity index (χ2n) is 5.12. The van der Waals surface area contributed by atoms with Gasteiger partial charge in [-0.1, -0.05) is 30.3 Å². The number of fused-ring (bicyclic) bond motifs is 1. The van der Waals surface area contributed by atoms with Crippen molar-refractivity contribution in [3.8, 4) is 5.75 Å². The number of ether oxygens (including phenoxy) is 1. The molecule has 6 nitrogen and oxygen atoms in total. The second kappa shape index (κ2) is 7.32. The van der Waals surface area contributed by atoms with Gasteiger partial charge in [-0.15, -0.1) is 5.10 Å². The van der Waals surface area contributed by atoms with Crippen LogP contribution in [0.4, 0.5) is 0 Å². The number of para-hydroxylation sites is 1. The Bertz CT molecular complexity index is 833. The maximum absolute atomic E-state index is 5.79. The second-order valence-corrected chi connectivity index (χ2v) is 5.12. The molecule has 0 atom stereocenters. The zero-order valence-electron chi connectivity index (χ0n) is 13.3. The highest BCUT2D eigenvalue weighted by Gasteiger charge is 2.00. The van der Waals surface area contributed by atoms with Gasteiger partial charge >= 0.3 is 0 Å². The number of methoxy groups -OCH3 is 1. The molecule has 3 N–H and O–H groups in total. The summed E-state index contributed by atoms with van der Waals surface area (Å²) in [6, 6.07) is 17.4. The minimum Gasteiger partial charge on any atom is -0.497 e. The molecule has 0 aliphatic rings. The van der Waals surface area contributed by atoms with Gasteiger partial charge in [0.05, 0.1) is 13.3 Å². The number of hydrogen-bond donors (Lipinski definition) is 2. The molecule has 0 spiro atoms. The molecule has 0 bridgehead atoms. The van der Waals surface area contributed by atoms with Crippen molar-refractivity contribution in [2.45, 2.75) is 6.54 Å². The summed E-state index contributed by atoms with van der Waals surface area (Å²) in [4.78, 5) is 0. The van der Waals surface area contributed by atoms with Gasteiger partial charge in [-0.2, -0.15) is 5.10 Å². The van der Waals surface area contributed by atoms with Crippen LogP contribution in [-0.4, -0.2) is 19.3 Å². The maximum Gasteiger partial charge on any atom is 0.214 e. The van der Waals surface area contributed by atoms with Crippen molar-refractivity contribution in [1.82, 2.24) is 5.32 Å².